The molecule has 0 spiro atoms. The van der Waals surface area contributed by atoms with E-state index in [-0.39, 0.29) is 10.9 Å². The zero-order valence-corrected chi connectivity index (χ0v) is 13.0. The molecule has 3 N–H and O–H groups in total. The van der Waals surface area contributed by atoms with Crippen LogP contribution in [0.1, 0.15) is 25.2 Å². The van der Waals surface area contributed by atoms with E-state index in [9.17, 15) is 8.42 Å². The fraction of sp³-hybridized carbons (Fsp3) is 0.385. The van der Waals surface area contributed by atoms with Crippen LogP contribution in [0.15, 0.2) is 29.4 Å². The number of aromatic amines is 1. The van der Waals surface area contributed by atoms with Crippen molar-refractivity contribution in [2.75, 3.05) is 4.72 Å². The standard InChI is InChI=1S/C13H19N5O2S/c1-9(2)15-8-12-13(10(3)16-17-12)21(19,20)18-11-5-4-6-14-7-11/h4-7,9,15,18H,8H2,1-3H3,(H,16,17). The second-order valence-corrected chi connectivity index (χ2v) is 6.63. The molecule has 0 atom stereocenters. The van der Waals surface area contributed by atoms with Crippen molar-refractivity contribution in [1.82, 2.24) is 20.5 Å². The first-order valence-electron chi connectivity index (χ1n) is 6.60. The summed E-state index contributed by atoms with van der Waals surface area (Å²) in [5.74, 6) is 0. The minimum Gasteiger partial charge on any atom is -0.309 e. The SMILES string of the molecule is Cc1[nH]nc(CNC(C)C)c1S(=O)(=O)Nc1cccnc1. The lowest BCUT2D eigenvalue weighted by atomic mass is 10.3. The van der Waals surface area contributed by atoms with Crippen LogP contribution >= 0.6 is 0 Å². The molecule has 0 amide bonds. The smallest absolute Gasteiger partial charge is 0.265 e. The minimum atomic E-state index is -3.70. The second kappa shape index (κ2) is 6.23. The Kier molecular flexibility index (Phi) is 4.59. The van der Waals surface area contributed by atoms with Gasteiger partial charge in [0.15, 0.2) is 0 Å². The number of nitrogens with zero attached hydrogens (tertiary/aromatic N) is 2. The molecule has 2 aromatic rings. The van der Waals surface area contributed by atoms with Gasteiger partial charge in [-0.2, -0.15) is 5.10 Å². The summed E-state index contributed by atoms with van der Waals surface area (Å²) in [4.78, 5) is 4.07. The Morgan fingerprint density at radius 2 is 2.14 bits per heavy atom. The molecule has 2 heterocycles. The molecule has 0 unspecified atom stereocenters. The van der Waals surface area contributed by atoms with Crippen LogP contribution in [0, 0.1) is 6.92 Å². The molecule has 21 heavy (non-hydrogen) atoms. The zero-order chi connectivity index (χ0) is 15.5. The number of H-pyrrole nitrogens is 1. The van der Waals surface area contributed by atoms with Gasteiger partial charge in [0.25, 0.3) is 10.0 Å². The molecule has 0 aromatic carbocycles. The summed E-state index contributed by atoms with van der Waals surface area (Å²) in [6.07, 6.45) is 3.04. The summed E-state index contributed by atoms with van der Waals surface area (Å²) in [6.45, 7) is 6.04. The van der Waals surface area contributed by atoms with Crippen molar-refractivity contribution < 1.29 is 8.42 Å². The van der Waals surface area contributed by atoms with Crippen molar-refractivity contribution in [2.24, 2.45) is 0 Å². The summed E-state index contributed by atoms with van der Waals surface area (Å²) in [6, 6.07) is 3.55. The number of hydrogen-bond acceptors (Lipinski definition) is 5. The number of aryl methyl sites for hydroxylation is 1. The van der Waals surface area contributed by atoms with Gasteiger partial charge in [-0.05, 0) is 19.1 Å². The third-order valence-corrected chi connectivity index (χ3v) is 4.41. The molecule has 7 nitrogen and oxygen atoms in total. The molecule has 8 heteroatoms. The van der Waals surface area contributed by atoms with Gasteiger partial charge in [0.05, 0.1) is 23.3 Å². The van der Waals surface area contributed by atoms with Crippen LogP contribution in [0.2, 0.25) is 0 Å². The van der Waals surface area contributed by atoms with E-state index in [1.165, 1.54) is 6.20 Å². The molecule has 0 radical (unpaired) electrons. The molecular weight excluding hydrogens is 290 g/mol. The molecule has 0 aliphatic carbocycles. The van der Waals surface area contributed by atoms with Gasteiger partial charge < -0.3 is 5.32 Å². The van der Waals surface area contributed by atoms with Crippen LogP contribution in [0.4, 0.5) is 5.69 Å². The summed E-state index contributed by atoms with van der Waals surface area (Å²) in [5.41, 5.74) is 1.39. The van der Waals surface area contributed by atoms with Gasteiger partial charge in [-0.15, -0.1) is 0 Å². The predicted octanol–water partition coefficient (Wildman–Crippen LogP) is 1.41. The molecule has 0 fully saturated rings. The fourth-order valence-electron chi connectivity index (χ4n) is 1.88. The van der Waals surface area contributed by atoms with Gasteiger partial charge in [0.1, 0.15) is 4.90 Å². The zero-order valence-electron chi connectivity index (χ0n) is 12.2. The second-order valence-electron chi connectivity index (χ2n) is 5.01. The van der Waals surface area contributed by atoms with Gasteiger partial charge >= 0.3 is 0 Å². The van der Waals surface area contributed by atoms with E-state index in [0.717, 1.165) is 0 Å². The Bertz CT molecular complexity index is 695. The summed E-state index contributed by atoms with van der Waals surface area (Å²) in [7, 11) is -3.70. The first-order chi connectivity index (χ1) is 9.90. The van der Waals surface area contributed by atoms with Crippen molar-refractivity contribution in [3.8, 4) is 0 Å². The lowest BCUT2D eigenvalue weighted by Gasteiger charge is -2.10. The topological polar surface area (TPSA) is 99.8 Å². The van der Waals surface area contributed by atoms with Gasteiger partial charge in [0, 0.05) is 18.8 Å². The molecule has 0 saturated heterocycles. The Labute approximate surface area is 124 Å². The summed E-state index contributed by atoms with van der Waals surface area (Å²) >= 11 is 0. The van der Waals surface area contributed by atoms with E-state index >= 15 is 0 Å². The van der Waals surface area contributed by atoms with Crippen molar-refractivity contribution in [2.45, 2.75) is 38.3 Å². The Hall–Kier alpha value is -1.93. The highest BCUT2D eigenvalue weighted by Crippen LogP contribution is 2.21. The largest absolute Gasteiger partial charge is 0.309 e. The van der Waals surface area contributed by atoms with Gasteiger partial charge in [-0.25, -0.2) is 8.42 Å². The third kappa shape index (κ3) is 3.79. The van der Waals surface area contributed by atoms with Crippen molar-refractivity contribution in [3.63, 3.8) is 0 Å². The number of nitrogens with one attached hydrogen (secondary N) is 3. The highest BCUT2D eigenvalue weighted by Gasteiger charge is 2.24. The molecule has 0 aliphatic heterocycles. The molecule has 0 aliphatic rings. The quantitative estimate of drug-likeness (QED) is 0.749. The lowest BCUT2D eigenvalue weighted by molar-refractivity contribution is 0.570. The van der Waals surface area contributed by atoms with Crippen molar-refractivity contribution in [1.29, 1.82) is 0 Å². The molecule has 2 rings (SSSR count). The molecule has 0 saturated carbocycles. The number of aromatic nitrogens is 3. The van der Waals surface area contributed by atoms with E-state index in [0.29, 0.717) is 23.6 Å². The number of hydrogen-bond donors (Lipinski definition) is 3. The van der Waals surface area contributed by atoms with Crippen LogP contribution in [0.25, 0.3) is 0 Å². The van der Waals surface area contributed by atoms with E-state index in [2.05, 4.69) is 25.2 Å². The van der Waals surface area contributed by atoms with E-state index in [1.807, 2.05) is 13.8 Å². The van der Waals surface area contributed by atoms with Gasteiger partial charge in [0.2, 0.25) is 0 Å². The predicted molar refractivity (Wildman–Crippen MR) is 80.3 cm³/mol. The summed E-state index contributed by atoms with van der Waals surface area (Å²) < 4.78 is 27.6. The molecular formula is C13H19N5O2S. The normalized spacial score (nSPS) is 11.8. The third-order valence-electron chi connectivity index (χ3n) is 2.82. The number of pyridine rings is 1. The van der Waals surface area contributed by atoms with Gasteiger partial charge in [-0.1, -0.05) is 13.8 Å². The van der Waals surface area contributed by atoms with Crippen molar-refractivity contribution in [3.05, 3.63) is 35.9 Å². The van der Waals surface area contributed by atoms with E-state index < -0.39 is 10.0 Å². The van der Waals surface area contributed by atoms with Crippen LogP contribution in [-0.2, 0) is 16.6 Å². The number of rotatable bonds is 6. The Morgan fingerprint density at radius 1 is 1.38 bits per heavy atom. The highest BCUT2D eigenvalue weighted by atomic mass is 32.2. The molecule has 114 valence electrons. The molecule has 2 aromatic heterocycles. The minimum absolute atomic E-state index is 0.180. The lowest BCUT2D eigenvalue weighted by Crippen LogP contribution is -2.24. The number of sulfonamides is 1. The maximum Gasteiger partial charge on any atom is 0.265 e. The Balaban J connectivity index is 2.29. The first-order valence-corrected chi connectivity index (χ1v) is 8.08. The molecule has 0 bridgehead atoms. The first kappa shape index (κ1) is 15.5. The maximum absolute atomic E-state index is 12.5. The summed E-state index contributed by atoms with van der Waals surface area (Å²) in [5, 5.41) is 9.97. The van der Waals surface area contributed by atoms with E-state index in [1.54, 1.807) is 25.3 Å². The van der Waals surface area contributed by atoms with Crippen molar-refractivity contribution >= 4 is 15.7 Å². The maximum atomic E-state index is 12.5. The van der Waals surface area contributed by atoms with Crippen LogP contribution < -0.4 is 10.0 Å². The average Bonchev–Trinajstić information content (AvgIpc) is 2.79. The highest BCUT2D eigenvalue weighted by molar-refractivity contribution is 7.92. The van der Waals surface area contributed by atoms with Crippen LogP contribution in [0.5, 0.6) is 0 Å². The van der Waals surface area contributed by atoms with E-state index in [4.69, 9.17) is 0 Å². The Morgan fingerprint density at radius 3 is 2.76 bits per heavy atom. The van der Waals surface area contributed by atoms with Crippen LogP contribution in [-0.4, -0.2) is 29.6 Å². The fourth-order valence-corrected chi connectivity index (χ4v) is 3.29. The monoisotopic (exact) mass is 309 g/mol. The van der Waals surface area contributed by atoms with Crippen LogP contribution in [0.3, 0.4) is 0 Å². The number of anilines is 1. The van der Waals surface area contributed by atoms with Gasteiger partial charge in [-0.3, -0.25) is 14.8 Å². The average molecular weight is 309 g/mol.